The van der Waals surface area contributed by atoms with Gasteiger partial charge in [-0.3, -0.25) is 9.59 Å². The predicted molar refractivity (Wildman–Crippen MR) is 103 cm³/mol. The Morgan fingerprint density at radius 2 is 1.58 bits per heavy atom. The fraction of sp³-hybridized carbons (Fsp3) is 0. The van der Waals surface area contributed by atoms with Gasteiger partial charge >= 0.3 is 0 Å². The van der Waals surface area contributed by atoms with E-state index in [1.807, 2.05) is 30.3 Å². The van der Waals surface area contributed by atoms with E-state index in [0.29, 0.717) is 33.5 Å². The molecular formula is C21H12N2O2S. The number of aromatic nitrogens is 1. The number of hydrogen-bond acceptors (Lipinski definition) is 5. The van der Waals surface area contributed by atoms with Crippen LogP contribution < -0.4 is 5.73 Å². The highest BCUT2D eigenvalue weighted by Gasteiger charge is 2.32. The quantitative estimate of drug-likeness (QED) is 0.454. The van der Waals surface area contributed by atoms with E-state index < -0.39 is 0 Å². The molecule has 2 N–H and O–H groups in total. The number of nitrogens with zero attached hydrogens (tertiary/aromatic N) is 1. The van der Waals surface area contributed by atoms with E-state index in [2.05, 4.69) is 4.98 Å². The molecule has 0 saturated heterocycles. The first-order valence-electron chi connectivity index (χ1n) is 8.11. The second kappa shape index (κ2) is 5.34. The summed E-state index contributed by atoms with van der Waals surface area (Å²) in [5.74, 6) is -0.277. The van der Waals surface area contributed by atoms with Crippen LogP contribution in [0, 0.1) is 0 Å². The number of nitrogen functional groups attached to an aromatic ring is 1. The monoisotopic (exact) mass is 356 g/mol. The van der Waals surface area contributed by atoms with Gasteiger partial charge in [-0.1, -0.05) is 36.4 Å². The lowest BCUT2D eigenvalue weighted by Crippen LogP contribution is -2.21. The number of hydrogen-bond donors (Lipinski definition) is 1. The molecule has 0 radical (unpaired) electrons. The van der Waals surface area contributed by atoms with Crippen LogP contribution >= 0.6 is 11.3 Å². The molecule has 1 aromatic heterocycles. The minimum atomic E-state index is -0.148. The topological polar surface area (TPSA) is 73.0 Å². The van der Waals surface area contributed by atoms with Crippen LogP contribution in [0.15, 0.2) is 60.7 Å². The lowest BCUT2D eigenvalue weighted by atomic mass is 9.83. The zero-order valence-electron chi connectivity index (χ0n) is 13.5. The van der Waals surface area contributed by atoms with Gasteiger partial charge in [-0.05, 0) is 24.3 Å². The van der Waals surface area contributed by atoms with Gasteiger partial charge in [-0.2, -0.15) is 0 Å². The lowest BCUT2D eigenvalue weighted by Gasteiger charge is -2.17. The van der Waals surface area contributed by atoms with Crippen molar-refractivity contribution in [3.05, 3.63) is 82.9 Å². The molecule has 4 aromatic rings. The zero-order valence-corrected chi connectivity index (χ0v) is 14.3. The third-order valence-electron chi connectivity index (χ3n) is 4.58. The van der Waals surface area contributed by atoms with Crippen LogP contribution in [0.25, 0.3) is 20.8 Å². The molecule has 1 heterocycles. The third kappa shape index (κ3) is 2.04. The molecule has 1 aliphatic carbocycles. The summed E-state index contributed by atoms with van der Waals surface area (Å²) in [7, 11) is 0. The zero-order chi connectivity index (χ0) is 17.8. The largest absolute Gasteiger partial charge is 0.399 e. The number of rotatable bonds is 1. The molecule has 0 aliphatic heterocycles. The Labute approximate surface area is 152 Å². The van der Waals surface area contributed by atoms with Gasteiger partial charge in [0.05, 0.1) is 15.8 Å². The van der Waals surface area contributed by atoms with Crippen molar-refractivity contribution in [2.45, 2.75) is 0 Å². The fourth-order valence-electron chi connectivity index (χ4n) is 3.37. The Morgan fingerprint density at radius 3 is 2.35 bits per heavy atom. The number of nitrogens with two attached hydrogens (primary N) is 1. The van der Waals surface area contributed by atoms with E-state index in [4.69, 9.17) is 5.73 Å². The number of ketones is 2. The minimum Gasteiger partial charge on any atom is -0.399 e. The average Bonchev–Trinajstić information content (AvgIpc) is 3.10. The molecule has 0 atom stereocenters. The predicted octanol–water partition coefficient (Wildman–Crippen LogP) is 4.32. The molecule has 26 heavy (non-hydrogen) atoms. The maximum atomic E-state index is 13.1. The Balaban J connectivity index is 1.77. The highest BCUT2D eigenvalue weighted by atomic mass is 32.1. The van der Waals surface area contributed by atoms with Crippen LogP contribution in [0.4, 0.5) is 5.69 Å². The number of benzene rings is 3. The van der Waals surface area contributed by atoms with E-state index in [1.165, 1.54) is 11.3 Å². The van der Waals surface area contributed by atoms with E-state index in [-0.39, 0.29) is 11.6 Å². The van der Waals surface area contributed by atoms with Crippen LogP contribution in [0.1, 0.15) is 31.8 Å². The molecule has 0 fully saturated rings. The Bertz CT molecular complexity index is 1240. The maximum absolute atomic E-state index is 13.1. The summed E-state index contributed by atoms with van der Waals surface area (Å²) in [6.07, 6.45) is 0. The molecule has 0 saturated carbocycles. The summed E-state index contributed by atoms with van der Waals surface area (Å²) in [6.45, 7) is 0. The smallest absolute Gasteiger partial charge is 0.196 e. The van der Waals surface area contributed by atoms with Crippen molar-refractivity contribution in [2.75, 3.05) is 5.73 Å². The molecule has 124 valence electrons. The Hall–Kier alpha value is -3.31. The van der Waals surface area contributed by atoms with Crippen molar-refractivity contribution in [1.82, 2.24) is 4.98 Å². The van der Waals surface area contributed by atoms with E-state index in [9.17, 15) is 9.59 Å². The van der Waals surface area contributed by atoms with Crippen molar-refractivity contribution in [3.8, 4) is 10.6 Å². The van der Waals surface area contributed by atoms with Gasteiger partial charge in [0, 0.05) is 27.9 Å². The maximum Gasteiger partial charge on any atom is 0.196 e. The molecule has 1 aliphatic rings. The van der Waals surface area contributed by atoms with Crippen molar-refractivity contribution < 1.29 is 9.59 Å². The summed E-state index contributed by atoms with van der Waals surface area (Å²) in [4.78, 5) is 30.6. The fourth-order valence-corrected chi connectivity index (χ4v) is 4.34. The minimum absolute atomic E-state index is 0.129. The first-order chi connectivity index (χ1) is 12.6. The van der Waals surface area contributed by atoms with Crippen LogP contribution in [0.5, 0.6) is 0 Å². The summed E-state index contributed by atoms with van der Waals surface area (Å²) in [6, 6.07) is 18.0. The first kappa shape index (κ1) is 15.0. The first-order valence-corrected chi connectivity index (χ1v) is 8.93. The van der Waals surface area contributed by atoms with Crippen molar-refractivity contribution in [1.29, 1.82) is 0 Å². The normalized spacial score (nSPS) is 12.9. The number of thiazole rings is 1. The summed E-state index contributed by atoms with van der Waals surface area (Å²) < 4.78 is 0.877. The SMILES string of the molecule is Nc1cccc(-c2nc3c4c(ccc3s2)C(=O)c2ccccc2C4=O)c1. The van der Waals surface area contributed by atoms with Gasteiger partial charge in [0.25, 0.3) is 0 Å². The summed E-state index contributed by atoms with van der Waals surface area (Å²) >= 11 is 1.49. The standard InChI is InChI=1S/C21H12N2O2S/c22-12-5-3-4-11(10-12)21-23-18-16(26-21)9-8-15-17(18)20(25)14-7-2-1-6-13(14)19(15)24/h1-10H,22H2. The molecule has 0 bridgehead atoms. The van der Waals surface area contributed by atoms with Gasteiger partial charge in [0.2, 0.25) is 0 Å². The lowest BCUT2D eigenvalue weighted by molar-refractivity contribution is 0.0980. The van der Waals surface area contributed by atoms with Crippen molar-refractivity contribution in [3.63, 3.8) is 0 Å². The average molecular weight is 356 g/mol. The molecule has 0 amide bonds. The second-order valence-electron chi connectivity index (χ2n) is 6.18. The molecule has 5 rings (SSSR count). The van der Waals surface area contributed by atoms with Gasteiger partial charge < -0.3 is 5.73 Å². The summed E-state index contributed by atoms with van der Waals surface area (Å²) in [5.41, 5.74) is 9.73. The summed E-state index contributed by atoms with van der Waals surface area (Å²) in [5, 5.41) is 0.778. The van der Waals surface area contributed by atoms with E-state index in [0.717, 1.165) is 15.3 Å². The van der Waals surface area contributed by atoms with Gasteiger partial charge in [0.1, 0.15) is 5.01 Å². The van der Waals surface area contributed by atoms with Crippen molar-refractivity contribution >= 4 is 38.8 Å². The van der Waals surface area contributed by atoms with Gasteiger partial charge in [0.15, 0.2) is 11.6 Å². The molecule has 0 spiro atoms. The van der Waals surface area contributed by atoms with E-state index in [1.54, 1.807) is 30.3 Å². The molecule has 3 aromatic carbocycles. The van der Waals surface area contributed by atoms with Crippen LogP contribution in [-0.4, -0.2) is 16.6 Å². The number of carbonyl (C=O) groups is 2. The molecular weight excluding hydrogens is 344 g/mol. The Kier molecular flexibility index (Phi) is 3.08. The van der Waals surface area contributed by atoms with Crippen LogP contribution in [0.3, 0.4) is 0 Å². The third-order valence-corrected chi connectivity index (χ3v) is 5.65. The number of fused-ring (bicyclic) bond motifs is 4. The second-order valence-corrected chi connectivity index (χ2v) is 7.21. The van der Waals surface area contributed by atoms with Crippen molar-refractivity contribution in [2.24, 2.45) is 0 Å². The molecule has 4 nitrogen and oxygen atoms in total. The highest BCUT2D eigenvalue weighted by molar-refractivity contribution is 7.21. The van der Waals surface area contributed by atoms with Gasteiger partial charge in [-0.15, -0.1) is 11.3 Å². The van der Waals surface area contributed by atoms with Gasteiger partial charge in [-0.25, -0.2) is 4.98 Å². The molecule has 5 heteroatoms. The highest BCUT2D eigenvalue weighted by Crippen LogP contribution is 2.37. The van der Waals surface area contributed by atoms with Crippen LogP contribution in [0.2, 0.25) is 0 Å². The van der Waals surface area contributed by atoms with E-state index >= 15 is 0 Å². The Morgan fingerprint density at radius 1 is 0.808 bits per heavy atom. The number of anilines is 1. The molecule has 0 unspecified atom stereocenters. The van der Waals surface area contributed by atoms with Crippen LogP contribution in [-0.2, 0) is 0 Å². The number of carbonyl (C=O) groups excluding carboxylic acids is 2.